The second-order valence-electron chi connectivity index (χ2n) is 6.52. The number of rotatable bonds is 1. The standard InChI is InChI=1S/C17H22N2.ClH/c1-18(2)15-10-11-8-9-13(15)17-16(11)12-6-4-5-7-14(12)19(17)3;/h4-7,11,13,15H,8-10H2,1-3H3;1H. The highest BCUT2D eigenvalue weighted by Gasteiger charge is 2.43. The van der Waals surface area contributed by atoms with E-state index in [2.05, 4.69) is 54.9 Å². The van der Waals surface area contributed by atoms with E-state index in [0.29, 0.717) is 0 Å². The monoisotopic (exact) mass is 290 g/mol. The van der Waals surface area contributed by atoms with Crippen molar-refractivity contribution in [1.82, 2.24) is 9.47 Å². The van der Waals surface area contributed by atoms with Gasteiger partial charge in [-0.15, -0.1) is 12.4 Å². The highest BCUT2D eigenvalue weighted by Crippen LogP contribution is 2.53. The number of likely N-dealkylation sites (N-methyl/N-ethyl adjacent to an activating group) is 1. The molecule has 2 nitrogen and oxygen atoms in total. The van der Waals surface area contributed by atoms with Crippen LogP contribution in [0.3, 0.4) is 0 Å². The van der Waals surface area contributed by atoms with Gasteiger partial charge in [0.25, 0.3) is 0 Å². The first kappa shape index (κ1) is 14.0. The van der Waals surface area contributed by atoms with E-state index in [1.807, 2.05) is 0 Å². The van der Waals surface area contributed by atoms with Crippen molar-refractivity contribution in [1.29, 1.82) is 0 Å². The average Bonchev–Trinajstić information content (AvgIpc) is 2.76. The summed E-state index contributed by atoms with van der Waals surface area (Å²) in [6, 6.07) is 9.68. The van der Waals surface area contributed by atoms with Crippen LogP contribution in [0.4, 0.5) is 0 Å². The van der Waals surface area contributed by atoms with Crippen molar-refractivity contribution in [2.45, 2.75) is 37.1 Å². The molecule has 3 atom stereocenters. The number of fused-ring (bicyclic) bond motifs is 3. The van der Waals surface area contributed by atoms with E-state index in [0.717, 1.165) is 17.9 Å². The first-order valence-electron chi connectivity index (χ1n) is 7.42. The number of hydrogen-bond donors (Lipinski definition) is 0. The molecule has 2 bridgehead atoms. The van der Waals surface area contributed by atoms with Crippen LogP contribution in [0, 0.1) is 0 Å². The van der Waals surface area contributed by atoms with E-state index in [-0.39, 0.29) is 12.4 Å². The maximum absolute atomic E-state index is 2.47. The van der Waals surface area contributed by atoms with Crippen LogP contribution in [0.1, 0.15) is 42.4 Å². The van der Waals surface area contributed by atoms with Crippen molar-refractivity contribution < 1.29 is 0 Å². The molecule has 1 heterocycles. The van der Waals surface area contributed by atoms with Crippen molar-refractivity contribution in [3.8, 4) is 0 Å². The van der Waals surface area contributed by atoms with Gasteiger partial charge in [-0.3, -0.25) is 0 Å². The van der Waals surface area contributed by atoms with Crippen molar-refractivity contribution in [3.05, 3.63) is 35.5 Å². The Morgan fingerprint density at radius 3 is 2.65 bits per heavy atom. The Kier molecular flexibility index (Phi) is 3.34. The molecule has 3 unspecified atom stereocenters. The smallest absolute Gasteiger partial charge is 0.0482 e. The summed E-state index contributed by atoms with van der Waals surface area (Å²) < 4.78 is 2.47. The van der Waals surface area contributed by atoms with Crippen molar-refractivity contribution in [2.75, 3.05) is 14.1 Å². The second-order valence-corrected chi connectivity index (χ2v) is 6.52. The number of benzene rings is 1. The fourth-order valence-corrected chi connectivity index (χ4v) is 4.62. The minimum Gasteiger partial charge on any atom is -0.347 e. The van der Waals surface area contributed by atoms with Gasteiger partial charge in [-0.2, -0.15) is 0 Å². The van der Waals surface area contributed by atoms with Crippen molar-refractivity contribution in [2.24, 2.45) is 7.05 Å². The van der Waals surface area contributed by atoms with Crippen LogP contribution < -0.4 is 0 Å². The highest BCUT2D eigenvalue weighted by atomic mass is 35.5. The molecule has 1 aromatic heterocycles. The minimum atomic E-state index is 0. The van der Waals surface area contributed by atoms with Crippen LogP contribution in [0.5, 0.6) is 0 Å². The molecule has 20 heavy (non-hydrogen) atoms. The molecule has 1 aromatic carbocycles. The normalized spacial score (nSPS) is 27.7. The SMILES string of the molecule is CN(C)C1CC2CCC1c1c2c2ccccc2n1C.Cl. The lowest BCUT2D eigenvalue weighted by Gasteiger charge is -2.45. The van der Waals surface area contributed by atoms with Crippen LogP contribution in [0.15, 0.2) is 24.3 Å². The first-order valence-corrected chi connectivity index (χ1v) is 7.42. The quantitative estimate of drug-likeness (QED) is 0.773. The molecule has 2 aromatic rings. The van der Waals surface area contributed by atoms with Gasteiger partial charge >= 0.3 is 0 Å². The van der Waals surface area contributed by atoms with Crippen molar-refractivity contribution in [3.63, 3.8) is 0 Å². The summed E-state index contributed by atoms with van der Waals surface area (Å²) in [5.41, 5.74) is 4.72. The zero-order chi connectivity index (χ0) is 13.1. The molecule has 3 heteroatoms. The summed E-state index contributed by atoms with van der Waals surface area (Å²) in [5, 5.41) is 1.51. The van der Waals surface area contributed by atoms with Crippen LogP contribution in [-0.2, 0) is 7.05 Å². The van der Waals surface area contributed by atoms with Crippen LogP contribution >= 0.6 is 12.4 Å². The summed E-state index contributed by atoms with van der Waals surface area (Å²) in [4.78, 5) is 2.44. The number of nitrogens with zero attached hydrogens (tertiary/aromatic N) is 2. The third-order valence-electron chi connectivity index (χ3n) is 5.43. The summed E-state index contributed by atoms with van der Waals surface area (Å²) in [6.07, 6.45) is 4.10. The molecule has 5 rings (SSSR count). The van der Waals surface area contributed by atoms with Gasteiger partial charge in [-0.25, -0.2) is 0 Å². The predicted octanol–water partition coefficient (Wildman–Crippen LogP) is 3.90. The molecule has 0 amide bonds. The van der Waals surface area contributed by atoms with Gasteiger partial charge in [0, 0.05) is 35.6 Å². The van der Waals surface area contributed by atoms with Crippen LogP contribution in [-0.4, -0.2) is 29.6 Å². The minimum absolute atomic E-state index is 0. The van der Waals surface area contributed by atoms with Crippen LogP contribution in [0.2, 0.25) is 0 Å². The Balaban J connectivity index is 0.00000121. The summed E-state index contributed by atoms with van der Waals surface area (Å²) in [6.45, 7) is 0. The van der Waals surface area contributed by atoms with Gasteiger partial charge in [0.05, 0.1) is 0 Å². The Hall–Kier alpha value is -0.990. The summed E-state index contributed by atoms with van der Waals surface area (Å²) in [5.74, 6) is 1.51. The largest absolute Gasteiger partial charge is 0.347 e. The van der Waals surface area contributed by atoms with Gasteiger partial charge in [0.1, 0.15) is 0 Å². The van der Waals surface area contributed by atoms with Gasteiger partial charge in [0.15, 0.2) is 0 Å². The second kappa shape index (κ2) is 4.78. The highest BCUT2D eigenvalue weighted by molar-refractivity contribution is 5.87. The third kappa shape index (κ3) is 1.68. The molecular weight excluding hydrogens is 268 g/mol. The van der Waals surface area contributed by atoms with Crippen molar-refractivity contribution >= 4 is 23.3 Å². The fourth-order valence-electron chi connectivity index (χ4n) is 4.62. The van der Waals surface area contributed by atoms with Gasteiger partial charge in [-0.05, 0) is 50.9 Å². The molecule has 3 aliphatic rings. The lowest BCUT2D eigenvalue weighted by molar-refractivity contribution is 0.164. The Morgan fingerprint density at radius 1 is 1.15 bits per heavy atom. The van der Waals surface area contributed by atoms with E-state index in [9.17, 15) is 0 Å². The predicted molar refractivity (Wildman–Crippen MR) is 87.0 cm³/mol. The molecule has 0 saturated heterocycles. The third-order valence-corrected chi connectivity index (χ3v) is 5.43. The van der Waals surface area contributed by atoms with Crippen LogP contribution in [0.25, 0.3) is 10.9 Å². The molecular formula is C17H23ClN2. The Morgan fingerprint density at radius 2 is 1.90 bits per heavy atom. The molecule has 1 fully saturated rings. The van der Waals surface area contributed by atoms with E-state index in [4.69, 9.17) is 0 Å². The zero-order valence-electron chi connectivity index (χ0n) is 12.5. The number of para-hydroxylation sites is 1. The van der Waals surface area contributed by atoms with E-state index < -0.39 is 0 Å². The molecule has 1 saturated carbocycles. The maximum Gasteiger partial charge on any atom is 0.0482 e. The number of aromatic nitrogens is 1. The molecule has 108 valence electrons. The van der Waals surface area contributed by atoms with Gasteiger partial charge in [0.2, 0.25) is 0 Å². The average molecular weight is 291 g/mol. The molecule has 3 aliphatic carbocycles. The number of halogens is 1. The summed E-state index contributed by atoms with van der Waals surface area (Å²) >= 11 is 0. The molecule has 0 N–H and O–H groups in total. The zero-order valence-corrected chi connectivity index (χ0v) is 13.3. The van der Waals surface area contributed by atoms with Gasteiger partial charge in [-0.1, -0.05) is 18.2 Å². The Labute approximate surface area is 127 Å². The molecule has 0 aliphatic heterocycles. The molecule has 0 spiro atoms. The fraction of sp³-hybridized carbons (Fsp3) is 0.529. The van der Waals surface area contributed by atoms with E-state index in [1.54, 1.807) is 11.3 Å². The lowest BCUT2D eigenvalue weighted by Crippen LogP contribution is -2.42. The summed E-state index contributed by atoms with van der Waals surface area (Å²) in [7, 11) is 6.75. The topological polar surface area (TPSA) is 8.17 Å². The lowest BCUT2D eigenvalue weighted by atomic mass is 9.66. The Bertz CT molecular complexity index is 644. The van der Waals surface area contributed by atoms with E-state index in [1.165, 1.54) is 30.2 Å². The number of hydrogen-bond acceptors (Lipinski definition) is 1. The van der Waals surface area contributed by atoms with E-state index >= 15 is 0 Å². The molecule has 0 radical (unpaired) electrons. The maximum atomic E-state index is 2.47. The number of aryl methyl sites for hydroxylation is 1. The first-order chi connectivity index (χ1) is 9.18. The van der Waals surface area contributed by atoms with Gasteiger partial charge < -0.3 is 9.47 Å².